The lowest BCUT2D eigenvalue weighted by Crippen LogP contribution is -2.18. The smallest absolute Gasteiger partial charge is 0.399 e. The Kier molecular flexibility index (Phi) is 5.80. The van der Waals surface area contributed by atoms with Gasteiger partial charge in [-0.1, -0.05) is 53.6 Å². The lowest BCUT2D eigenvalue weighted by molar-refractivity contribution is -0.139. The van der Waals surface area contributed by atoms with Gasteiger partial charge in [-0.15, -0.1) is 0 Å². The predicted octanol–water partition coefficient (Wildman–Crippen LogP) is 6.36. The van der Waals surface area contributed by atoms with E-state index in [0.29, 0.717) is 11.1 Å². The molecule has 0 amide bonds. The maximum atomic E-state index is 13.4. The SMILES string of the molecule is Cc1cc(/C=C/C(c2ccc(Cl)c(Cl)c2)C(F)(F)F)ccc1C(=O)O. The normalized spacial score (nSPS) is 13.2. The molecule has 0 aliphatic carbocycles. The van der Waals surface area contributed by atoms with E-state index in [1.165, 1.54) is 42.5 Å². The highest BCUT2D eigenvalue weighted by molar-refractivity contribution is 6.42. The summed E-state index contributed by atoms with van der Waals surface area (Å²) in [5.41, 5.74) is 1.01. The number of allylic oxidation sites excluding steroid dienone is 1. The summed E-state index contributed by atoms with van der Waals surface area (Å²) in [5.74, 6) is -2.95. The molecule has 0 radical (unpaired) electrons. The first-order valence-electron chi connectivity index (χ1n) is 7.13. The molecule has 0 aliphatic heterocycles. The number of hydrogen-bond acceptors (Lipinski definition) is 1. The summed E-state index contributed by atoms with van der Waals surface area (Å²) in [4.78, 5) is 11.0. The van der Waals surface area contributed by atoms with Gasteiger partial charge >= 0.3 is 12.1 Å². The Morgan fingerprint density at radius 3 is 2.32 bits per heavy atom. The second-order valence-corrected chi connectivity index (χ2v) is 6.25. The number of halogens is 5. The van der Waals surface area contributed by atoms with E-state index in [2.05, 4.69) is 0 Å². The zero-order chi connectivity index (χ0) is 18.8. The van der Waals surface area contributed by atoms with Crippen molar-refractivity contribution in [1.82, 2.24) is 0 Å². The third-order valence-corrected chi connectivity index (χ3v) is 4.36. The van der Waals surface area contributed by atoms with E-state index in [0.717, 1.165) is 6.08 Å². The molecule has 25 heavy (non-hydrogen) atoms. The van der Waals surface area contributed by atoms with Crippen LogP contribution in [0.4, 0.5) is 13.2 Å². The number of benzene rings is 2. The summed E-state index contributed by atoms with van der Waals surface area (Å²) in [6.45, 7) is 1.58. The Balaban J connectivity index is 2.37. The molecule has 0 saturated heterocycles. The largest absolute Gasteiger partial charge is 0.478 e. The van der Waals surface area contributed by atoms with Crippen LogP contribution in [0.2, 0.25) is 10.0 Å². The van der Waals surface area contributed by atoms with E-state index in [1.807, 2.05) is 0 Å². The minimum absolute atomic E-state index is 0.0305. The molecule has 0 heterocycles. The van der Waals surface area contributed by atoms with Crippen molar-refractivity contribution >= 4 is 35.2 Å². The monoisotopic (exact) mass is 388 g/mol. The lowest BCUT2D eigenvalue weighted by atomic mass is 9.96. The first-order chi connectivity index (χ1) is 11.6. The molecule has 0 aromatic heterocycles. The molecular weight excluding hydrogens is 376 g/mol. The number of alkyl halides is 3. The van der Waals surface area contributed by atoms with Crippen LogP contribution in [0, 0.1) is 6.92 Å². The molecule has 0 spiro atoms. The Bertz CT molecular complexity index is 830. The first-order valence-corrected chi connectivity index (χ1v) is 7.89. The molecule has 1 atom stereocenters. The Morgan fingerprint density at radius 1 is 1.12 bits per heavy atom. The zero-order valence-electron chi connectivity index (χ0n) is 12.9. The summed E-state index contributed by atoms with van der Waals surface area (Å²) >= 11 is 11.6. The van der Waals surface area contributed by atoms with Crippen LogP contribution in [0.5, 0.6) is 0 Å². The molecule has 2 aromatic rings. The highest BCUT2D eigenvalue weighted by atomic mass is 35.5. The number of carboxylic acid groups (broad SMARTS) is 1. The molecule has 1 N–H and O–H groups in total. The van der Waals surface area contributed by atoms with Gasteiger partial charge in [0.15, 0.2) is 0 Å². The van der Waals surface area contributed by atoms with Gasteiger partial charge in [0.1, 0.15) is 0 Å². The molecule has 0 aliphatic rings. The van der Waals surface area contributed by atoms with E-state index in [9.17, 15) is 18.0 Å². The number of rotatable bonds is 4. The topological polar surface area (TPSA) is 37.3 Å². The number of hydrogen-bond donors (Lipinski definition) is 1. The molecule has 2 rings (SSSR count). The van der Waals surface area contributed by atoms with Crippen LogP contribution >= 0.6 is 23.2 Å². The maximum absolute atomic E-state index is 13.4. The Hall–Kier alpha value is -1.98. The van der Waals surface area contributed by atoms with Gasteiger partial charge < -0.3 is 5.11 Å². The number of carbonyl (C=O) groups is 1. The van der Waals surface area contributed by atoms with E-state index in [-0.39, 0.29) is 21.2 Å². The highest BCUT2D eigenvalue weighted by Crippen LogP contribution is 2.38. The number of aryl methyl sites for hydroxylation is 1. The molecule has 0 fully saturated rings. The Labute approximate surface area is 152 Å². The predicted molar refractivity (Wildman–Crippen MR) is 92.4 cm³/mol. The molecule has 7 heteroatoms. The summed E-state index contributed by atoms with van der Waals surface area (Å²) in [6.07, 6.45) is -2.20. The molecule has 132 valence electrons. The standard InChI is InChI=1S/C18H13Cl2F3O2/c1-10-8-11(2-5-13(10)17(24)25)3-6-14(18(21,22)23)12-4-7-15(19)16(20)9-12/h2-9,14H,1H3,(H,24,25)/b6-3+. The van der Waals surface area contributed by atoms with Crippen molar-refractivity contribution in [3.63, 3.8) is 0 Å². The molecule has 0 bridgehead atoms. The van der Waals surface area contributed by atoms with Gasteiger partial charge in [-0.3, -0.25) is 0 Å². The van der Waals surface area contributed by atoms with Crippen molar-refractivity contribution in [2.24, 2.45) is 0 Å². The maximum Gasteiger partial charge on any atom is 0.399 e. The van der Waals surface area contributed by atoms with E-state index in [1.54, 1.807) is 6.92 Å². The van der Waals surface area contributed by atoms with Gasteiger partial charge in [0.2, 0.25) is 0 Å². The molecule has 1 unspecified atom stereocenters. The summed E-state index contributed by atoms with van der Waals surface area (Å²) in [7, 11) is 0. The van der Waals surface area contributed by atoms with Crippen LogP contribution in [0.3, 0.4) is 0 Å². The fourth-order valence-electron chi connectivity index (χ4n) is 2.35. The second-order valence-electron chi connectivity index (χ2n) is 5.43. The first kappa shape index (κ1) is 19.3. The minimum atomic E-state index is -4.51. The Morgan fingerprint density at radius 2 is 1.80 bits per heavy atom. The van der Waals surface area contributed by atoms with Crippen LogP contribution in [0.15, 0.2) is 42.5 Å². The van der Waals surface area contributed by atoms with E-state index >= 15 is 0 Å². The fraction of sp³-hybridized carbons (Fsp3) is 0.167. The molecule has 0 saturated carbocycles. The summed E-state index contributed by atoms with van der Waals surface area (Å²) in [6, 6.07) is 8.11. The summed E-state index contributed by atoms with van der Waals surface area (Å²) in [5, 5.41) is 9.21. The minimum Gasteiger partial charge on any atom is -0.478 e. The second kappa shape index (κ2) is 7.50. The number of carboxylic acids is 1. The van der Waals surface area contributed by atoms with Crippen molar-refractivity contribution in [1.29, 1.82) is 0 Å². The number of aromatic carboxylic acids is 1. The zero-order valence-corrected chi connectivity index (χ0v) is 14.5. The highest BCUT2D eigenvalue weighted by Gasteiger charge is 2.39. The van der Waals surface area contributed by atoms with Crippen LogP contribution in [-0.2, 0) is 0 Å². The quantitative estimate of drug-likeness (QED) is 0.661. The molecule has 2 nitrogen and oxygen atoms in total. The summed E-state index contributed by atoms with van der Waals surface area (Å²) < 4.78 is 40.2. The van der Waals surface area contributed by atoms with Gasteiger partial charge in [-0.25, -0.2) is 4.79 Å². The van der Waals surface area contributed by atoms with Gasteiger partial charge in [0.25, 0.3) is 0 Å². The van der Waals surface area contributed by atoms with Crippen LogP contribution in [0.25, 0.3) is 6.08 Å². The lowest BCUT2D eigenvalue weighted by Gasteiger charge is -2.18. The molecular formula is C18H13Cl2F3O2. The average molecular weight is 389 g/mol. The van der Waals surface area contributed by atoms with Crippen LogP contribution in [0.1, 0.15) is 33.0 Å². The van der Waals surface area contributed by atoms with E-state index in [4.69, 9.17) is 28.3 Å². The van der Waals surface area contributed by atoms with Crippen molar-refractivity contribution in [2.45, 2.75) is 19.0 Å². The van der Waals surface area contributed by atoms with E-state index < -0.39 is 18.1 Å². The van der Waals surface area contributed by atoms with Crippen molar-refractivity contribution in [2.75, 3.05) is 0 Å². The van der Waals surface area contributed by atoms with Crippen LogP contribution < -0.4 is 0 Å². The van der Waals surface area contributed by atoms with Crippen molar-refractivity contribution in [3.05, 3.63) is 74.8 Å². The van der Waals surface area contributed by atoms with Gasteiger partial charge in [-0.05, 0) is 41.8 Å². The fourth-order valence-corrected chi connectivity index (χ4v) is 2.66. The molecule has 2 aromatic carbocycles. The third-order valence-electron chi connectivity index (χ3n) is 3.62. The average Bonchev–Trinajstić information content (AvgIpc) is 2.49. The van der Waals surface area contributed by atoms with Crippen molar-refractivity contribution in [3.8, 4) is 0 Å². The van der Waals surface area contributed by atoms with Gasteiger partial charge in [-0.2, -0.15) is 13.2 Å². The van der Waals surface area contributed by atoms with Crippen LogP contribution in [-0.4, -0.2) is 17.3 Å². The van der Waals surface area contributed by atoms with Gasteiger partial charge in [0.05, 0.1) is 21.5 Å². The van der Waals surface area contributed by atoms with Crippen molar-refractivity contribution < 1.29 is 23.1 Å². The third kappa shape index (κ3) is 4.77. The van der Waals surface area contributed by atoms with Gasteiger partial charge in [0, 0.05) is 0 Å².